The fourth-order valence-corrected chi connectivity index (χ4v) is 3.22. The van der Waals surface area contributed by atoms with Gasteiger partial charge in [0.1, 0.15) is 11.6 Å². The highest BCUT2D eigenvalue weighted by Gasteiger charge is 2.28. The van der Waals surface area contributed by atoms with E-state index in [1.807, 2.05) is 31.2 Å². The van der Waals surface area contributed by atoms with Crippen LogP contribution in [0.15, 0.2) is 36.4 Å². The number of carbonyl (C=O) groups excluding carboxylic acids is 2. The van der Waals surface area contributed by atoms with Crippen molar-refractivity contribution in [3.8, 4) is 6.07 Å². The molecule has 0 aromatic heterocycles. The average molecular weight is 399 g/mol. The maximum Gasteiger partial charge on any atom is 0.475 e. The van der Waals surface area contributed by atoms with E-state index in [2.05, 4.69) is 11.9 Å². The number of aryl methyl sites for hydroxylation is 1. The number of rotatable bonds is 7. The SMILES string of the molecule is C=C(C#N)C(=O)N1CCC[C@H](COC(=O)N[C@@H](Cc2ccc(C)cc2)B(O)O)C1. The maximum absolute atomic E-state index is 12.1. The van der Waals surface area contributed by atoms with Gasteiger partial charge in [0.2, 0.25) is 0 Å². The molecule has 1 aromatic carbocycles. The van der Waals surface area contributed by atoms with E-state index < -0.39 is 25.1 Å². The van der Waals surface area contributed by atoms with Gasteiger partial charge in [-0.1, -0.05) is 36.4 Å². The van der Waals surface area contributed by atoms with E-state index >= 15 is 0 Å². The molecule has 9 heteroatoms. The van der Waals surface area contributed by atoms with Crippen LogP contribution in [0.4, 0.5) is 4.79 Å². The summed E-state index contributed by atoms with van der Waals surface area (Å²) in [6, 6.07) is 9.29. The number of ether oxygens (including phenoxy) is 1. The molecule has 0 unspecified atom stereocenters. The molecule has 1 heterocycles. The molecule has 8 nitrogen and oxygen atoms in total. The summed E-state index contributed by atoms with van der Waals surface area (Å²) in [5.41, 5.74) is 1.83. The molecule has 154 valence electrons. The van der Waals surface area contributed by atoms with Crippen molar-refractivity contribution in [1.29, 1.82) is 5.26 Å². The number of alkyl carbamates (subject to hydrolysis) is 1. The van der Waals surface area contributed by atoms with Gasteiger partial charge in [0.05, 0.1) is 12.5 Å². The van der Waals surface area contributed by atoms with Gasteiger partial charge in [-0.2, -0.15) is 5.26 Å². The first-order chi connectivity index (χ1) is 13.8. The van der Waals surface area contributed by atoms with E-state index in [1.54, 1.807) is 11.0 Å². The quantitative estimate of drug-likeness (QED) is 0.357. The largest absolute Gasteiger partial charge is 0.475 e. The molecule has 29 heavy (non-hydrogen) atoms. The van der Waals surface area contributed by atoms with Crippen LogP contribution >= 0.6 is 0 Å². The second-order valence-corrected chi connectivity index (χ2v) is 7.30. The number of nitrogens with zero attached hydrogens (tertiary/aromatic N) is 2. The van der Waals surface area contributed by atoms with Crippen molar-refractivity contribution in [2.45, 2.75) is 32.1 Å². The molecule has 1 saturated heterocycles. The number of benzene rings is 1. The van der Waals surface area contributed by atoms with Crippen molar-refractivity contribution in [3.05, 3.63) is 47.5 Å². The van der Waals surface area contributed by atoms with E-state index in [-0.39, 0.29) is 24.5 Å². The van der Waals surface area contributed by atoms with Gasteiger partial charge < -0.3 is 25.0 Å². The summed E-state index contributed by atoms with van der Waals surface area (Å²) in [4.78, 5) is 25.7. The molecular formula is C20H26BN3O5. The van der Waals surface area contributed by atoms with Gasteiger partial charge in [-0.3, -0.25) is 4.79 Å². The highest BCUT2D eigenvalue weighted by molar-refractivity contribution is 6.43. The Kier molecular flexibility index (Phi) is 8.25. The van der Waals surface area contributed by atoms with Crippen LogP contribution in [-0.4, -0.2) is 59.7 Å². The Morgan fingerprint density at radius 3 is 2.72 bits per heavy atom. The summed E-state index contributed by atoms with van der Waals surface area (Å²) in [6.45, 7) is 6.40. The van der Waals surface area contributed by atoms with Crippen LogP contribution in [0.1, 0.15) is 24.0 Å². The number of nitrogens with one attached hydrogen (secondary N) is 1. The molecule has 2 rings (SSSR count). The minimum atomic E-state index is -1.73. The number of likely N-dealkylation sites (tertiary alicyclic amines) is 1. The van der Waals surface area contributed by atoms with E-state index in [4.69, 9.17) is 10.00 Å². The van der Waals surface area contributed by atoms with Gasteiger partial charge in [-0.25, -0.2) is 4.79 Å². The molecule has 2 amide bonds. The zero-order valence-corrected chi connectivity index (χ0v) is 16.5. The third-order valence-electron chi connectivity index (χ3n) is 4.89. The lowest BCUT2D eigenvalue weighted by Gasteiger charge is -2.32. The monoisotopic (exact) mass is 399 g/mol. The lowest BCUT2D eigenvalue weighted by atomic mass is 9.76. The molecule has 1 fully saturated rings. The molecule has 1 aliphatic rings. The standard InChI is InChI=1S/C20H26BN3O5/c1-14-5-7-16(8-6-14)10-18(21(27)28)23-20(26)29-13-17-4-3-9-24(12-17)19(25)15(2)11-22/h5-8,17-18,27-28H,2-4,9-10,12-13H2,1H3,(H,23,26)/t17-,18-/m0/s1. The van der Waals surface area contributed by atoms with Gasteiger partial charge >= 0.3 is 13.2 Å². The highest BCUT2D eigenvalue weighted by Crippen LogP contribution is 2.18. The zero-order chi connectivity index (χ0) is 21.4. The summed E-state index contributed by atoms with van der Waals surface area (Å²) in [5, 5.41) is 30.4. The second-order valence-electron chi connectivity index (χ2n) is 7.30. The van der Waals surface area contributed by atoms with Crippen molar-refractivity contribution in [3.63, 3.8) is 0 Å². The minimum Gasteiger partial charge on any atom is -0.449 e. The second kappa shape index (κ2) is 10.6. The van der Waals surface area contributed by atoms with Gasteiger partial charge in [-0.05, 0) is 31.7 Å². The van der Waals surface area contributed by atoms with Gasteiger partial charge in [0, 0.05) is 19.0 Å². The molecule has 0 bridgehead atoms. The minimum absolute atomic E-state index is 0.0560. The van der Waals surface area contributed by atoms with E-state index in [1.165, 1.54) is 0 Å². The lowest BCUT2D eigenvalue weighted by Crippen LogP contribution is -2.48. The van der Waals surface area contributed by atoms with Crippen molar-refractivity contribution in [1.82, 2.24) is 10.2 Å². The molecule has 1 aliphatic heterocycles. The van der Waals surface area contributed by atoms with Crippen LogP contribution in [0.3, 0.4) is 0 Å². The Bertz CT molecular complexity index is 775. The Morgan fingerprint density at radius 1 is 1.41 bits per heavy atom. The van der Waals surface area contributed by atoms with Crippen LogP contribution in [0.5, 0.6) is 0 Å². The number of carbonyl (C=O) groups is 2. The van der Waals surface area contributed by atoms with Crippen molar-refractivity contribution in [2.24, 2.45) is 5.92 Å². The van der Waals surface area contributed by atoms with Crippen molar-refractivity contribution in [2.75, 3.05) is 19.7 Å². The topological polar surface area (TPSA) is 123 Å². The molecule has 0 saturated carbocycles. The number of hydrogen-bond donors (Lipinski definition) is 3. The normalized spacial score (nSPS) is 17.0. The first-order valence-electron chi connectivity index (χ1n) is 9.53. The highest BCUT2D eigenvalue weighted by atomic mass is 16.5. The average Bonchev–Trinajstić information content (AvgIpc) is 2.72. The van der Waals surface area contributed by atoms with E-state index in [0.717, 1.165) is 24.0 Å². The third-order valence-corrected chi connectivity index (χ3v) is 4.89. The van der Waals surface area contributed by atoms with E-state index in [9.17, 15) is 19.6 Å². The molecule has 2 atom stereocenters. The summed E-state index contributed by atoms with van der Waals surface area (Å²) in [6.07, 6.45) is 1.02. The summed E-state index contributed by atoms with van der Waals surface area (Å²) < 4.78 is 5.24. The molecule has 0 spiro atoms. The van der Waals surface area contributed by atoms with Crippen LogP contribution in [0, 0.1) is 24.2 Å². The van der Waals surface area contributed by atoms with Gasteiger partial charge in [0.25, 0.3) is 5.91 Å². The summed E-state index contributed by atoms with van der Waals surface area (Å²) in [5.74, 6) is -1.36. The predicted octanol–water partition coefficient (Wildman–Crippen LogP) is 0.963. The lowest BCUT2D eigenvalue weighted by molar-refractivity contribution is -0.128. The Hall–Kier alpha value is -2.83. The Morgan fingerprint density at radius 2 is 2.10 bits per heavy atom. The number of nitriles is 1. The van der Waals surface area contributed by atoms with Crippen LogP contribution < -0.4 is 5.32 Å². The Balaban J connectivity index is 1.84. The molecule has 1 aromatic rings. The smallest absolute Gasteiger partial charge is 0.449 e. The van der Waals surface area contributed by atoms with Gasteiger partial charge in [0.15, 0.2) is 0 Å². The molecule has 0 aliphatic carbocycles. The number of piperidine rings is 1. The zero-order valence-electron chi connectivity index (χ0n) is 16.5. The predicted molar refractivity (Wildman–Crippen MR) is 107 cm³/mol. The van der Waals surface area contributed by atoms with Crippen molar-refractivity contribution >= 4 is 19.1 Å². The number of hydrogen-bond acceptors (Lipinski definition) is 6. The first kappa shape index (κ1) is 22.5. The molecule has 0 radical (unpaired) electrons. The van der Waals surface area contributed by atoms with E-state index in [0.29, 0.717) is 13.1 Å². The van der Waals surface area contributed by atoms with Crippen LogP contribution in [-0.2, 0) is 16.0 Å². The Labute approximate surface area is 170 Å². The summed E-state index contributed by atoms with van der Waals surface area (Å²) in [7, 11) is -1.73. The van der Waals surface area contributed by atoms with Crippen molar-refractivity contribution < 1.29 is 24.4 Å². The van der Waals surface area contributed by atoms with Crippen LogP contribution in [0.25, 0.3) is 0 Å². The fraction of sp³-hybridized carbons (Fsp3) is 0.450. The number of amides is 2. The fourth-order valence-electron chi connectivity index (χ4n) is 3.22. The molecule has 3 N–H and O–H groups in total. The molecular weight excluding hydrogens is 373 g/mol. The van der Waals surface area contributed by atoms with Crippen LogP contribution in [0.2, 0.25) is 0 Å². The maximum atomic E-state index is 12.1. The first-order valence-corrected chi connectivity index (χ1v) is 9.53. The van der Waals surface area contributed by atoms with Gasteiger partial charge in [-0.15, -0.1) is 0 Å². The summed E-state index contributed by atoms with van der Waals surface area (Å²) >= 11 is 0. The third kappa shape index (κ3) is 6.93.